The fourth-order valence-corrected chi connectivity index (χ4v) is 17.2. The van der Waals surface area contributed by atoms with E-state index in [1.807, 2.05) is 0 Å². The molecule has 0 bridgehead atoms. The average molecular weight is 1870 g/mol. The zero-order chi connectivity index (χ0) is 97.0. The first-order chi connectivity index (χ1) is 63.4. The number of aromatic amines is 1. The number of benzene rings is 5. The summed E-state index contributed by atoms with van der Waals surface area (Å²) in [6, 6.07) is 10.3. The van der Waals surface area contributed by atoms with Crippen molar-refractivity contribution < 1.29 is 106 Å². The summed E-state index contributed by atoms with van der Waals surface area (Å²) in [5.74, 6) is -21.5. The summed E-state index contributed by atoms with van der Waals surface area (Å²) in [7, 11) is 3.75. The topological polar surface area (TPSA) is 572 Å². The van der Waals surface area contributed by atoms with Crippen LogP contribution < -0.4 is 65.1 Å². The minimum Gasteiger partial charge on any atom is -0.508 e. The number of carboxylic acid groups (broad SMARTS) is 1. The maximum absolute atomic E-state index is 15.7. The lowest BCUT2D eigenvalue weighted by Crippen LogP contribution is -2.62. The van der Waals surface area contributed by atoms with Crippen molar-refractivity contribution in [2.24, 2.45) is 23.1 Å². The second-order valence-corrected chi connectivity index (χ2v) is 35.0. The Morgan fingerprint density at radius 3 is 1.59 bits per heavy atom. The third-order valence-corrected chi connectivity index (χ3v) is 24.7. The Balaban J connectivity index is 1.13. The SMILES string of the molecule is CCCC[C@H]1C(=O)N2C[C@H](O)C[C@@H]2C(=O)N[C@@H](CC(=O)O)C(=O)N[C@@H](C(C)C)C(=O)N(C)[C@H](Cc2ccccc2)C(=O)N[C@@H](CCCN)C(=O)N2C[C@H](O)C[C@@H]2C(=O)N[C@@H](Cc2c[nH]c3ccccc23)C(=O)N[C@@H](Cc2ccc(O)cc2)C(=O)N[C@H](CCCN)C(=O)N[C@H](C(=O)NCC(N)=O)CSCC(=O)N[C@H](Cc2ccc(F)c(F)c2)C(=O)N(C)[C@@H](Cc2ccccc2)C(=O)N1C. The van der Waals surface area contributed by atoms with E-state index in [4.69, 9.17) is 17.2 Å². The standard InChI is InChI=1S/C92H120F2N18O20S/c1-7-8-27-71-91(131)112-48-59(115)43-74(112)87(127)105-68(44-78(118)119)84(124)107-79(51(2)3)92(132)109(5)72(39-52-19-11-9-12-20-52)85(125)102-65(26-18-35-96)89(129)111-47-58(114)42-73(111)86(126)104-67(41-56-45-98-63-24-16-15-23-60(56)63)83(123)103-66(37-54-28-31-57(113)32-29-54)82(122)101-64(25-17-34-95)81(121)106-70(80(120)99-46-76(97)116)49-133-50-77(117)100-69(38-55-30-33-61(93)62(94)36-55)88(128)110(6)75(90(130)108(71)4)40-53-21-13-10-14-22-53/h9-16,19-24,28-33,36,45,51,58-59,64-75,79,98,113-115H,7-8,17-18,25-27,34-35,37-44,46-50,95-96H2,1-6H3,(H2,97,116)(H,99,120)(H,100,117)(H,101,122)(H,102,125)(H,103,123)(H,104,126)(H,105,127)(H,106,121)(H,107,124)(H,118,119)/t58-,59-,64-,65+,66+,67+,68+,69-,70+,71+,72-,73-,74-,75+,79+/m1/s1. The smallest absolute Gasteiger partial charge is 0.305 e. The van der Waals surface area contributed by atoms with Crippen molar-refractivity contribution >= 4 is 117 Å². The van der Waals surface area contributed by atoms with E-state index in [0.29, 0.717) is 51.3 Å². The molecule has 1 aromatic heterocycles. The van der Waals surface area contributed by atoms with Gasteiger partial charge in [-0.25, -0.2) is 8.78 Å². The van der Waals surface area contributed by atoms with Crippen molar-refractivity contribution in [3.8, 4) is 5.75 Å². The molecular formula is C92H120F2N18O20S. The van der Waals surface area contributed by atoms with Crippen molar-refractivity contribution in [2.75, 3.05) is 65.4 Å². The van der Waals surface area contributed by atoms with E-state index in [-0.39, 0.29) is 88.6 Å². The minimum atomic E-state index is -2.02. The predicted molar refractivity (Wildman–Crippen MR) is 484 cm³/mol. The number of H-pyrrole nitrogens is 1. The highest BCUT2D eigenvalue weighted by molar-refractivity contribution is 8.00. The molecule has 3 fully saturated rings. The first kappa shape index (κ1) is 104. The van der Waals surface area contributed by atoms with Crippen molar-refractivity contribution in [2.45, 2.75) is 208 Å². The third kappa shape index (κ3) is 29.0. The van der Waals surface area contributed by atoms with Gasteiger partial charge in [-0.1, -0.05) is 131 Å². The van der Waals surface area contributed by atoms with Crippen molar-refractivity contribution in [1.82, 2.24) is 77.3 Å². The van der Waals surface area contributed by atoms with Crippen LogP contribution in [0.4, 0.5) is 8.78 Å². The first-order valence-corrected chi connectivity index (χ1v) is 45.3. The number of nitrogens with one attached hydrogen (secondary N) is 10. The fourth-order valence-electron chi connectivity index (χ4n) is 16.4. The van der Waals surface area contributed by atoms with E-state index >= 15 is 47.5 Å². The summed E-state index contributed by atoms with van der Waals surface area (Å²) >= 11 is 0.696. The number of aliphatic carboxylic acids is 1. The Hall–Kier alpha value is -13.0. The molecule has 0 radical (unpaired) electrons. The number of primary amides is 1. The van der Waals surface area contributed by atoms with Crippen LogP contribution in [0.15, 0.2) is 134 Å². The Kier molecular flexibility index (Phi) is 38.6. The Bertz CT molecular complexity index is 5120. The normalized spacial score (nSPS) is 24.7. The number of rotatable bonds is 25. The van der Waals surface area contributed by atoms with E-state index in [2.05, 4.69) is 52.8 Å². The number of unbranched alkanes of at least 4 members (excludes halogenated alkanes) is 1. The number of nitrogens with two attached hydrogens (primary N) is 3. The van der Waals surface area contributed by atoms with Crippen LogP contribution in [0.3, 0.4) is 0 Å². The third-order valence-electron chi connectivity index (χ3n) is 23.7. The summed E-state index contributed by atoms with van der Waals surface area (Å²) in [5, 5.41) is 67.7. The number of amides is 15. The highest BCUT2D eigenvalue weighted by Gasteiger charge is 2.48. The molecule has 133 heavy (non-hydrogen) atoms. The molecule has 0 unspecified atom stereocenters. The molecule has 3 aliphatic rings. The molecule has 3 saturated heterocycles. The van der Waals surface area contributed by atoms with Gasteiger partial charge in [0.2, 0.25) is 88.6 Å². The number of phenols is 1. The van der Waals surface area contributed by atoms with Gasteiger partial charge in [0.1, 0.15) is 84.3 Å². The van der Waals surface area contributed by atoms with Crippen molar-refractivity contribution in [3.05, 3.63) is 173 Å². The van der Waals surface area contributed by atoms with Gasteiger partial charge in [-0.3, -0.25) is 76.7 Å². The number of aromatic hydroxyl groups is 1. The number of nitrogens with zero attached hydrogens (tertiary/aromatic N) is 5. The second kappa shape index (κ2) is 49.5. The molecule has 38 nitrogen and oxygen atoms in total. The number of aromatic nitrogens is 1. The molecule has 41 heteroatoms. The molecule has 9 rings (SSSR count). The molecule has 5 aromatic carbocycles. The lowest BCUT2D eigenvalue weighted by Gasteiger charge is -2.38. The lowest BCUT2D eigenvalue weighted by atomic mass is 9.98. The summed E-state index contributed by atoms with van der Waals surface area (Å²) < 4.78 is 29.8. The van der Waals surface area contributed by atoms with E-state index < -0.39 is 260 Å². The summed E-state index contributed by atoms with van der Waals surface area (Å²) in [5.41, 5.74) is 19.9. The fraction of sp³-hybridized carbons (Fsp3) is 0.478. The number of phenolic OH excluding ortho intramolecular Hbond substituents is 1. The van der Waals surface area contributed by atoms with Gasteiger partial charge in [0, 0.05) is 102 Å². The Labute approximate surface area is 771 Å². The van der Waals surface area contributed by atoms with Gasteiger partial charge in [-0.15, -0.1) is 11.8 Å². The van der Waals surface area contributed by atoms with Gasteiger partial charge in [-0.05, 0) is 109 Å². The van der Waals surface area contributed by atoms with Gasteiger partial charge in [-0.2, -0.15) is 0 Å². The van der Waals surface area contributed by atoms with Crippen molar-refractivity contribution in [1.29, 1.82) is 0 Å². The molecule has 3 aliphatic heterocycles. The largest absolute Gasteiger partial charge is 0.508 e. The molecule has 6 aromatic rings. The van der Waals surface area contributed by atoms with Gasteiger partial charge in [0.05, 0.1) is 30.9 Å². The minimum absolute atomic E-state index is 0.0314. The van der Waals surface area contributed by atoms with Crippen LogP contribution >= 0.6 is 11.8 Å². The number of para-hydroxylation sites is 1. The number of aliphatic hydroxyl groups is 2. The van der Waals surface area contributed by atoms with Crippen LogP contribution in [0.5, 0.6) is 5.75 Å². The van der Waals surface area contributed by atoms with Crippen LogP contribution in [0.1, 0.15) is 113 Å². The molecule has 15 atom stereocenters. The van der Waals surface area contributed by atoms with Crippen LogP contribution in [0, 0.1) is 17.6 Å². The summed E-state index contributed by atoms with van der Waals surface area (Å²) in [4.78, 5) is 246. The predicted octanol–water partition coefficient (Wildman–Crippen LogP) is -0.905. The number of thioether (sulfide) groups is 1. The number of likely N-dealkylation sites (N-methyl/N-ethyl adjacent to an activating group) is 3. The number of fused-ring (bicyclic) bond motifs is 3. The number of halogens is 2. The quantitative estimate of drug-likeness (QED) is 0.0330. The van der Waals surface area contributed by atoms with Crippen molar-refractivity contribution in [3.63, 3.8) is 0 Å². The monoisotopic (exact) mass is 1870 g/mol. The molecule has 15 amide bonds. The summed E-state index contributed by atoms with van der Waals surface area (Å²) in [6.07, 6.45) is -4.78. The van der Waals surface area contributed by atoms with Crippen LogP contribution in [-0.4, -0.2) is 301 Å². The van der Waals surface area contributed by atoms with E-state index in [9.17, 15) is 58.4 Å². The average Bonchev–Trinajstić information content (AvgIpc) is 1.72. The Morgan fingerprint density at radius 2 is 1.01 bits per heavy atom. The zero-order valence-electron chi connectivity index (χ0n) is 74.9. The maximum atomic E-state index is 15.7. The molecule has 0 saturated carbocycles. The van der Waals surface area contributed by atoms with Crippen LogP contribution in [-0.2, 0) is 109 Å². The highest BCUT2D eigenvalue weighted by Crippen LogP contribution is 2.29. The maximum Gasteiger partial charge on any atom is 0.305 e. The van der Waals surface area contributed by atoms with Gasteiger partial charge in [0.25, 0.3) is 0 Å². The lowest BCUT2D eigenvalue weighted by molar-refractivity contribution is -0.152. The van der Waals surface area contributed by atoms with Gasteiger partial charge in [0.15, 0.2) is 11.6 Å². The summed E-state index contributed by atoms with van der Waals surface area (Å²) in [6.45, 7) is 2.94. The number of hydrogen-bond donors (Lipinski definition) is 17. The zero-order valence-corrected chi connectivity index (χ0v) is 75.8. The number of aliphatic hydroxyl groups excluding tert-OH is 2. The van der Waals surface area contributed by atoms with E-state index in [1.165, 1.54) is 59.3 Å². The first-order valence-electron chi connectivity index (χ1n) is 44.2. The Morgan fingerprint density at radius 1 is 0.504 bits per heavy atom. The van der Waals surface area contributed by atoms with Crippen LogP contribution in [0.2, 0.25) is 0 Å². The molecular weight excluding hydrogens is 1750 g/mol. The number of carboxylic acids is 1. The van der Waals surface area contributed by atoms with Crippen LogP contribution in [0.25, 0.3) is 10.9 Å². The van der Waals surface area contributed by atoms with Gasteiger partial charge < -0.3 is 115 Å². The molecule has 0 aliphatic carbocycles. The molecule has 4 heterocycles. The number of carbonyl (C=O) groups excluding carboxylic acids is 15. The van der Waals surface area contributed by atoms with Gasteiger partial charge >= 0.3 is 5.97 Å². The molecule has 718 valence electrons. The molecule has 0 spiro atoms. The van der Waals surface area contributed by atoms with E-state index in [1.54, 1.807) is 98.0 Å². The number of hydrogen-bond acceptors (Lipinski definition) is 22. The number of carbonyl (C=O) groups is 16. The molecule has 20 N–H and O–H groups in total. The highest BCUT2D eigenvalue weighted by atomic mass is 32.2. The van der Waals surface area contributed by atoms with E-state index in [0.717, 1.165) is 42.7 Å². The second-order valence-electron chi connectivity index (χ2n) is 34.0.